The molecule has 0 saturated heterocycles. The molecule has 0 aliphatic carbocycles. The van der Waals surface area contributed by atoms with Gasteiger partial charge in [-0.05, 0) is 29.0 Å². The SMILES string of the molecule is CCn1cc(CNCCSc2nnnn2C)c2ccccc21. The fraction of sp³-hybridized carbons (Fsp3) is 0.400. The molecule has 0 aliphatic rings. The van der Waals surface area contributed by atoms with Gasteiger partial charge in [0, 0.05) is 49.5 Å². The number of hydrogen-bond donors (Lipinski definition) is 1. The molecule has 2 aromatic heterocycles. The van der Waals surface area contributed by atoms with E-state index in [4.69, 9.17) is 0 Å². The topological polar surface area (TPSA) is 60.6 Å². The van der Waals surface area contributed by atoms with E-state index in [1.807, 2.05) is 7.05 Å². The maximum absolute atomic E-state index is 3.96. The number of nitrogens with zero attached hydrogens (tertiary/aromatic N) is 5. The number of nitrogens with one attached hydrogen (secondary N) is 1. The van der Waals surface area contributed by atoms with Gasteiger partial charge in [-0.1, -0.05) is 30.0 Å². The highest BCUT2D eigenvalue weighted by atomic mass is 32.2. The van der Waals surface area contributed by atoms with E-state index in [9.17, 15) is 0 Å². The van der Waals surface area contributed by atoms with Gasteiger partial charge < -0.3 is 9.88 Å². The number of fused-ring (bicyclic) bond motifs is 1. The van der Waals surface area contributed by atoms with Crippen LogP contribution in [0.3, 0.4) is 0 Å². The molecule has 3 aromatic rings. The van der Waals surface area contributed by atoms with E-state index in [0.29, 0.717) is 0 Å². The number of hydrogen-bond acceptors (Lipinski definition) is 5. The molecule has 0 saturated carbocycles. The molecule has 0 radical (unpaired) electrons. The zero-order valence-corrected chi connectivity index (χ0v) is 13.7. The lowest BCUT2D eigenvalue weighted by Gasteiger charge is -2.03. The molecule has 0 atom stereocenters. The van der Waals surface area contributed by atoms with Crippen molar-refractivity contribution < 1.29 is 0 Å². The quantitative estimate of drug-likeness (QED) is 0.534. The standard InChI is InChI=1S/C15H20N6S/c1-3-21-11-12(13-6-4-5-7-14(13)21)10-16-8-9-22-15-17-18-19-20(15)2/h4-7,11,16H,3,8-10H2,1-2H3. The Balaban J connectivity index is 1.55. The molecule has 1 N–H and O–H groups in total. The van der Waals surface area contributed by atoms with E-state index in [1.165, 1.54) is 16.5 Å². The first-order valence-electron chi connectivity index (χ1n) is 7.42. The van der Waals surface area contributed by atoms with E-state index in [2.05, 4.69) is 62.8 Å². The third-order valence-electron chi connectivity index (χ3n) is 3.62. The van der Waals surface area contributed by atoms with Crippen molar-refractivity contribution in [1.82, 2.24) is 30.1 Å². The van der Waals surface area contributed by atoms with Gasteiger partial charge in [0.05, 0.1) is 0 Å². The van der Waals surface area contributed by atoms with Crippen LogP contribution in [0.2, 0.25) is 0 Å². The summed E-state index contributed by atoms with van der Waals surface area (Å²) >= 11 is 1.66. The minimum Gasteiger partial charge on any atom is -0.347 e. The van der Waals surface area contributed by atoms with Gasteiger partial charge in [-0.15, -0.1) is 5.10 Å². The summed E-state index contributed by atoms with van der Waals surface area (Å²) in [5.41, 5.74) is 2.66. The second-order valence-electron chi connectivity index (χ2n) is 5.07. The van der Waals surface area contributed by atoms with Crippen LogP contribution < -0.4 is 5.32 Å². The van der Waals surface area contributed by atoms with Crippen LogP contribution in [0.5, 0.6) is 0 Å². The predicted molar refractivity (Wildman–Crippen MR) is 88.8 cm³/mol. The van der Waals surface area contributed by atoms with E-state index in [0.717, 1.165) is 30.5 Å². The summed E-state index contributed by atoms with van der Waals surface area (Å²) in [4.78, 5) is 0. The van der Waals surface area contributed by atoms with Crippen molar-refractivity contribution in [3.8, 4) is 0 Å². The molecule has 6 nitrogen and oxygen atoms in total. The predicted octanol–water partition coefficient (Wildman–Crippen LogP) is 2.07. The molecule has 2 heterocycles. The van der Waals surface area contributed by atoms with Crippen molar-refractivity contribution in [2.45, 2.75) is 25.2 Å². The van der Waals surface area contributed by atoms with Crippen LogP contribution in [-0.2, 0) is 20.1 Å². The molecule has 7 heteroatoms. The first kappa shape index (κ1) is 15.1. The minimum atomic E-state index is 0.851. The molecule has 0 spiro atoms. The van der Waals surface area contributed by atoms with Gasteiger partial charge in [-0.3, -0.25) is 0 Å². The Morgan fingerprint density at radius 3 is 2.91 bits per heavy atom. The van der Waals surface area contributed by atoms with E-state index in [-0.39, 0.29) is 0 Å². The molecule has 0 fully saturated rings. The average molecular weight is 316 g/mol. The Kier molecular flexibility index (Phi) is 4.74. The van der Waals surface area contributed by atoms with Gasteiger partial charge in [0.25, 0.3) is 0 Å². The maximum Gasteiger partial charge on any atom is 0.209 e. The molecule has 3 rings (SSSR count). The zero-order chi connectivity index (χ0) is 15.4. The third kappa shape index (κ3) is 3.15. The van der Waals surface area contributed by atoms with Gasteiger partial charge >= 0.3 is 0 Å². The van der Waals surface area contributed by atoms with Gasteiger partial charge in [-0.25, -0.2) is 4.68 Å². The van der Waals surface area contributed by atoms with Crippen molar-refractivity contribution in [3.63, 3.8) is 0 Å². The van der Waals surface area contributed by atoms with Crippen LogP contribution in [0, 0.1) is 0 Å². The third-order valence-corrected chi connectivity index (χ3v) is 4.63. The Morgan fingerprint density at radius 2 is 2.14 bits per heavy atom. The Labute approximate surface area is 133 Å². The number of rotatable bonds is 7. The average Bonchev–Trinajstić information content (AvgIpc) is 3.11. The van der Waals surface area contributed by atoms with Crippen molar-refractivity contribution in [2.75, 3.05) is 12.3 Å². The number of thioether (sulfide) groups is 1. The van der Waals surface area contributed by atoms with Crippen molar-refractivity contribution in [1.29, 1.82) is 0 Å². The van der Waals surface area contributed by atoms with E-state index in [1.54, 1.807) is 16.4 Å². The molecule has 0 aliphatic heterocycles. The lowest BCUT2D eigenvalue weighted by Crippen LogP contribution is -2.16. The van der Waals surface area contributed by atoms with Crippen LogP contribution in [0.15, 0.2) is 35.6 Å². The monoisotopic (exact) mass is 316 g/mol. The first-order chi connectivity index (χ1) is 10.8. The highest BCUT2D eigenvalue weighted by Crippen LogP contribution is 2.21. The minimum absolute atomic E-state index is 0.851. The number of tetrazole rings is 1. The smallest absolute Gasteiger partial charge is 0.209 e. The molecule has 116 valence electrons. The van der Waals surface area contributed by atoms with Crippen LogP contribution in [0.1, 0.15) is 12.5 Å². The summed E-state index contributed by atoms with van der Waals surface area (Å²) in [6.07, 6.45) is 2.25. The largest absolute Gasteiger partial charge is 0.347 e. The zero-order valence-electron chi connectivity index (χ0n) is 12.9. The highest BCUT2D eigenvalue weighted by Gasteiger charge is 2.07. The molecule has 0 unspecified atom stereocenters. The van der Waals surface area contributed by atoms with Crippen LogP contribution in [-0.4, -0.2) is 37.1 Å². The molecule has 1 aromatic carbocycles. The summed E-state index contributed by atoms with van der Waals surface area (Å²) < 4.78 is 3.99. The van der Waals surface area contributed by atoms with Gasteiger partial charge in [-0.2, -0.15) is 0 Å². The molecular weight excluding hydrogens is 296 g/mol. The Bertz CT molecular complexity index is 747. The van der Waals surface area contributed by atoms with Crippen LogP contribution in [0.25, 0.3) is 10.9 Å². The molecular formula is C15H20N6S. The number of para-hydroxylation sites is 1. The summed E-state index contributed by atoms with van der Waals surface area (Å²) in [6, 6.07) is 8.57. The van der Waals surface area contributed by atoms with Crippen molar-refractivity contribution in [3.05, 3.63) is 36.0 Å². The summed E-state index contributed by atoms with van der Waals surface area (Å²) in [6.45, 7) is 4.97. The fourth-order valence-electron chi connectivity index (χ4n) is 2.51. The molecule has 0 amide bonds. The van der Waals surface area contributed by atoms with E-state index >= 15 is 0 Å². The van der Waals surface area contributed by atoms with Crippen molar-refractivity contribution >= 4 is 22.7 Å². The second kappa shape index (κ2) is 6.93. The lowest BCUT2D eigenvalue weighted by atomic mass is 10.2. The molecule has 22 heavy (non-hydrogen) atoms. The van der Waals surface area contributed by atoms with Gasteiger partial charge in [0.2, 0.25) is 5.16 Å². The van der Waals surface area contributed by atoms with E-state index < -0.39 is 0 Å². The van der Waals surface area contributed by atoms with Crippen LogP contribution >= 0.6 is 11.8 Å². The van der Waals surface area contributed by atoms with Gasteiger partial charge in [0.15, 0.2) is 0 Å². The highest BCUT2D eigenvalue weighted by molar-refractivity contribution is 7.99. The Hall–Kier alpha value is -1.86. The summed E-state index contributed by atoms with van der Waals surface area (Å²) in [7, 11) is 1.86. The molecule has 0 bridgehead atoms. The number of aromatic nitrogens is 5. The maximum atomic E-state index is 3.96. The second-order valence-corrected chi connectivity index (χ2v) is 6.13. The Morgan fingerprint density at radius 1 is 1.27 bits per heavy atom. The summed E-state index contributed by atoms with van der Waals surface area (Å²) in [5.74, 6) is 0.945. The van der Waals surface area contributed by atoms with Crippen molar-refractivity contribution in [2.24, 2.45) is 7.05 Å². The lowest BCUT2D eigenvalue weighted by molar-refractivity contribution is 0.663. The van der Waals surface area contributed by atoms with Crippen LogP contribution in [0.4, 0.5) is 0 Å². The normalized spacial score (nSPS) is 11.4. The first-order valence-corrected chi connectivity index (χ1v) is 8.40. The van der Waals surface area contributed by atoms with Gasteiger partial charge in [0.1, 0.15) is 0 Å². The fourth-order valence-corrected chi connectivity index (χ4v) is 3.25. The number of aryl methyl sites for hydroxylation is 2. The number of benzene rings is 1. The summed E-state index contributed by atoms with van der Waals surface area (Å²) in [5, 5.41) is 17.1.